The summed E-state index contributed by atoms with van der Waals surface area (Å²) in [6, 6.07) is 50.5. The molecule has 0 unspecified atom stereocenters. The summed E-state index contributed by atoms with van der Waals surface area (Å²) in [6.07, 6.45) is 0. The molecule has 0 radical (unpaired) electrons. The second-order valence-corrected chi connectivity index (χ2v) is 9.40. The Hall–Kier alpha value is -5.08. The molecule has 0 bridgehead atoms. The summed E-state index contributed by atoms with van der Waals surface area (Å²) < 4.78 is 0. The highest BCUT2D eigenvalue weighted by molar-refractivity contribution is 6.61. The van der Waals surface area contributed by atoms with Crippen molar-refractivity contribution < 1.29 is 0 Å². The van der Waals surface area contributed by atoms with Crippen LogP contribution in [0, 0.1) is 0 Å². The fraction of sp³-hybridized carbons (Fsp3) is 0. The van der Waals surface area contributed by atoms with E-state index in [2.05, 4.69) is 133 Å². The van der Waals surface area contributed by atoms with Crippen LogP contribution in [0.5, 0.6) is 0 Å². The summed E-state index contributed by atoms with van der Waals surface area (Å²) in [5.41, 5.74) is 10.4. The van der Waals surface area contributed by atoms with Crippen molar-refractivity contribution in [1.82, 2.24) is 0 Å². The van der Waals surface area contributed by atoms with Gasteiger partial charge < -0.3 is 0 Å². The molecule has 2 nitrogen and oxygen atoms in total. The van der Waals surface area contributed by atoms with Crippen molar-refractivity contribution in [2.45, 2.75) is 0 Å². The lowest BCUT2D eigenvalue weighted by atomic mass is 10.0. The van der Waals surface area contributed by atoms with Crippen LogP contribution in [0.3, 0.4) is 0 Å². The number of benzene rings is 6. The fourth-order valence-electron chi connectivity index (χ4n) is 5.32. The van der Waals surface area contributed by atoms with E-state index in [4.69, 9.17) is 9.98 Å². The van der Waals surface area contributed by atoms with Gasteiger partial charge in [0.1, 0.15) is 0 Å². The summed E-state index contributed by atoms with van der Waals surface area (Å²) in [5.74, 6) is 0. The maximum absolute atomic E-state index is 5.34. The third-order valence-electron chi connectivity index (χ3n) is 7.08. The minimum atomic E-state index is 0.906. The Bertz CT molecular complexity index is 1710. The largest absolute Gasteiger partial charge is 0.245 e. The van der Waals surface area contributed by atoms with E-state index in [9.17, 15) is 0 Å². The van der Waals surface area contributed by atoms with Gasteiger partial charge in [-0.3, -0.25) is 0 Å². The second kappa shape index (κ2) is 9.42. The number of hydrogen-bond donors (Lipinski definition) is 0. The van der Waals surface area contributed by atoms with Gasteiger partial charge >= 0.3 is 0 Å². The van der Waals surface area contributed by atoms with Crippen LogP contribution >= 0.6 is 0 Å². The second-order valence-electron chi connectivity index (χ2n) is 9.40. The van der Waals surface area contributed by atoms with E-state index in [1.807, 2.05) is 12.1 Å². The molecule has 1 aliphatic rings. The highest BCUT2D eigenvalue weighted by Crippen LogP contribution is 2.38. The van der Waals surface area contributed by atoms with Crippen LogP contribution in [0.4, 0.5) is 11.4 Å². The zero-order valence-electron chi connectivity index (χ0n) is 20.8. The van der Waals surface area contributed by atoms with Gasteiger partial charge in [0.2, 0.25) is 0 Å². The van der Waals surface area contributed by atoms with Crippen molar-refractivity contribution in [3.05, 3.63) is 157 Å². The number of rotatable bonds is 4. The summed E-state index contributed by atoms with van der Waals surface area (Å²) in [6.45, 7) is 0. The summed E-state index contributed by atoms with van der Waals surface area (Å²) in [7, 11) is 0. The highest BCUT2D eigenvalue weighted by atomic mass is 14.8. The first-order valence-corrected chi connectivity index (χ1v) is 12.9. The Morgan fingerprint density at radius 3 is 1.18 bits per heavy atom. The van der Waals surface area contributed by atoms with Crippen molar-refractivity contribution >= 4 is 33.6 Å². The number of nitrogens with zero attached hydrogens (tertiary/aromatic N) is 2. The first-order chi connectivity index (χ1) is 18.9. The van der Waals surface area contributed by atoms with Crippen LogP contribution in [0.15, 0.2) is 156 Å². The van der Waals surface area contributed by atoms with E-state index in [0.29, 0.717) is 0 Å². The van der Waals surface area contributed by atoms with Gasteiger partial charge in [0.25, 0.3) is 0 Å². The van der Waals surface area contributed by atoms with E-state index in [1.54, 1.807) is 0 Å². The van der Waals surface area contributed by atoms with Crippen LogP contribution in [0.1, 0.15) is 11.1 Å². The van der Waals surface area contributed by atoms with E-state index in [1.165, 1.54) is 10.8 Å². The molecule has 0 heterocycles. The normalized spacial score (nSPS) is 14.4. The zero-order chi connectivity index (χ0) is 25.3. The van der Waals surface area contributed by atoms with E-state index >= 15 is 0 Å². The third kappa shape index (κ3) is 3.84. The lowest BCUT2D eigenvalue weighted by molar-refractivity contribution is 1.48. The molecule has 1 aliphatic carbocycles. The fourth-order valence-corrected chi connectivity index (χ4v) is 5.32. The first-order valence-electron chi connectivity index (χ1n) is 12.9. The molecule has 6 aromatic rings. The molecule has 7 rings (SSSR count). The molecular formula is C36H24N2. The van der Waals surface area contributed by atoms with Crippen molar-refractivity contribution in [2.75, 3.05) is 0 Å². The topological polar surface area (TPSA) is 24.7 Å². The van der Waals surface area contributed by atoms with Gasteiger partial charge in [-0.25, -0.2) is 9.98 Å². The lowest BCUT2D eigenvalue weighted by Gasteiger charge is -2.10. The van der Waals surface area contributed by atoms with Gasteiger partial charge in [0.15, 0.2) is 0 Å². The lowest BCUT2D eigenvalue weighted by Crippen LogP contribution is -2.10. The van der Waals surface area contributed by atoms with E-state index in [-0.39, 0.29) is 0 Å². The Labute approximate surface area is 222 Å². The quantitative estimate of drug-likeness (QED) is 0.238. The first kappa shape index (κ1) is 22.1. The molecule has 0 fully saturated rings. The minimum Gasteiger partial charge on any atom is -0.245 e. The van der Waals surface area contributed by atoms with Crippen molar-refractivity contribution in [2.24, 2.45) is 9.98 Å². The van der Waals surface area contributed by atoms with Gasteiger partial charge in [-0.05, 0) is 28.6 Å². The molecule has 0 aromatic heterocycles. The van der Waals surface area contributed by atoms with Crippen LogP contribution in [-0.2, 0) is 0 Å². The number of hydrogen-bond acceptors (Lipinski definition) is 2. The molecule has 0 spiro atoms. The average molecular weight is 485 g/mol. The zero-order valence-corrected chi connectivity index (χ0v) is 20.8. The Balaban J connectivity index is 1.48. The maximum atomic E-state index is 5.34. The minimum absolute atomic E-state index is 0.906. The van der Waals surface area contributed by atoms with Gasteiger partial charge in [0.05, 0.1) is 22.8 Å². The van der Waals surface area contributed by atoms with Crippen molar-refractivity contribution in [1.29, 1.82) is 0 Å². The Kier molecular flexibility index (Phi) is 5.49. The van der Waals surface area contributed by atoms with Crippen LogP contribution in [0.25, 0.3) is 33.0 Å². The molecule has 0 saturated heterocycles. The van der Waals surface area contributed by atoms with Gasteiger partial charge in [0, 0.05) is 27.6 Å². The molecule has 0 saturated carbocycles. The molecule has 0 aliphatic heterocycles. The standard InChI is InChI=1S/C36H24N2/c1-3-13-25(14-4-1)28-19-7-9-23-32(28)37-35-30-21-11-17-27-18-12-22-31(34(27)30)36(35)38-33-24-10-8-20-29(33)26-15-5-2-6-16-26/h1-24H. The Morgan fingerprint density at radius 2 is 0.711 bits per heavy atom. The molecular weight excluding hydrogens is 460 g/mol. The summed E-state index contributed by atoms with van der Waals surface area (Å²) in [4.78, 5) is 10.7. The molecule has 0 N–H and O–H groups in total. The molecule has 0 amide bonds. The average Bonchev–Trinajstić information content (AvgIpc) is 3.28. The van der Waals surface area contributed by atoms with E-state index in [0.717, 1.165) is 56.2 Å². The molecule has 6 aromatic carbocycles. The van der Waals surface area contributed by atoms with Gasteiger partial charge in [-0.2, -0.15) is 0 Å². The highest BCUT2D eigenvalue weighted by Gasteiger charge is 2.27. The van der Waals surface area contributed by atoms with E-state index < -0.39 is 0 Å². The van der Waals surface area contributed by atoms with Gasteiger partial charge in [-0.1, -0.05) is 133 Å². The molecule has 38 heavy (non-hydrogen) atoms. The van der Waals surface area contributed by atoms with Crippen molar-refractivity contribution in [3.8, 4) is 22.3 Å². The SMILES string of the molecule is c1ccc(-c2ccccc2N=C2C(=Nc3ccccc3-c3ccccc3)c3cccc4cccc2c34)cc1. The summed E-state index contributed by atoms with van der Waals surface area (Å²) in [5, 5.41) is 2.41. The molecule has 0 atom stereocenters. The van der Waals surface area contributed by atoms with Crippen LogP contribution < -0.4 is 0 Å². The predicted molar refractivity (Wildman–Crippen MR) is 160 cm³/mol. The molecule has 2 heteroatoms. The van der Waals surface area contributed by atoms with Crippen LogP contribution in [0.2, 0.25) is 0 Å². The van der Waals surface area contributed by atoms with Crippen LogP contribution in [-0.4, -0.2) is 11.4 Å². The Morgan fingerprint density at radius 1 is 0.316 bits per heavy atom. The van der Waals surface area contributed by atoms with Crippen molar-refractivity contribution in [3.63, 3.8) is 0 Å². The monoisotopic (exact) mass is 484 g/mol. The number of aliphatic imine (C=N–C) groups is 2. The smallest absolute Gasteiger partial charge is 0.0979 e. The predicted octanol–water partition coefficient (Wildman–Crippen LogP) is 9.43. The third-order valence-corrected chi connectivity index (χ3v) is 7.08. The summed E-state index contributed by atoms with van der Waals surface area (Å²) >= 11 is 0. The number of para-hydroxylation sites is 2. The molecule has 178 valence electrons. The van der Waals surface area contributed by atoms with Gasteiger partial charge in [-0.15, -0.1) is 0 Å². The maximum Gasteiger partial charge on any atom is 0.0979 e.